The summed E-state index contributed by atoms with van der Waals surface area (Å²) in [5, 5.41) is 14.3. The number of ether oxygens (including phenoxy) is 2. The zero-order valence-corrected chi connectivity index (χ0v) is 11.4. The Hall–Kier alpha value is -1.66. The first-order valence-corrected chi connectivity index (χ1v) is 6.87. The van der Waals surface area contributed by atoms with Crippen molar-refractivity contribution in [3.05, 3.63) is 33.9 Å². The second-order valence-electron chi connectivity index (χ2n) is 5.35. The van der Waals surface area contributed by atoms with Crippen LogP contribution in [0.3, 0.4) is 0 Å². The molecule has 3 rings (SSSR count). The Kier molecular flexibility index (Phi) is 3.58. The maximum Gasteiger partial charge on any atom is 0.270 e. The Labute approximate surface area is 117 Å². The zero-order valence-electron chi connectivity index (χ0n) is 11.4. The number of methoxy groups -OCH3 is 1. The fourth-order valence-corrected chi connectivity index (χ4v) is 3.11. The van der Waals surface area contributed by atoms with Crippen LogP contribution in [0.1, 0.15) is 24.8 Å². The van der Waals surface area contributed by atoms with E-state index in [9.17, 15) is 10.1 Å². The van der Waals surface area contributed by atoms with E-state index in [1.165, 1.54) is 6.07 Å². The molecule has 6 heteroatoms. The lowest BCUT2D eigenvalue weighted by Gasteiger charge is -2.20. The van der Waals surface area contributed by atoms with Gasteiger partial charge in [-0.25, -0.2) is 0 Å². The molecule has 0 aromatic heterocycles. The Morgan fingerprint density at radius 3 is 2.95 bits per heavy atom. The van der Waals surface area contributed by atoms with Crippen molar-refractivity contribution in [3.63, 3.8) is 0 Å². The number of hydrogen-bond donors (Lipinski definition) is 1. The molecule has 0 saturated carbocycles. The van der Waals surface area contributed by atoms with E-state index >= 15 is 0 Å². The van der Waals surface area contributed by atoms with Gasteiger partial charge in [0.2, 0.25) is 0 Å². The summed E-state index contributed by atoms with van der Waals surface area (Å²) in [5.41, 5.74) is 0.899. The molecule has 1 N–H and O–H groups in total. The standard InChI is InChI=1S/C14H18N2O4/c1-19-13-4-2-10(16(17)18)6-9(13)8-15-12-7-11-3-5-14(12)20-11/h2,4,6,11-12,14-15H,3,5,7-8H2,1H3. The number of nitro groups is 1. The van der Waals surface area contributed by atoms with Crippen molar-refractivity contribution >= 4 is 5.69 Å². The first-order valence-electron chi connectivity index (χ1n) is 6.87. The van der Waals surface area contributed by atoms with Crippen molar-refractivity contribution < 1.29 is 14.4 Å². The second-order valence-corrected chi connectivity index (χ2v) is 5.35. The summed E-state index contributed by atoms with van der Waals surface area (Å²) in [6, 6.07) is 5.02. The molecule has 20 heavy (non-hydrogen) atoms. The molecule has 0 amide bonds. The molecule has 1 aromatic rings. The highest BCUT2D eigenvalue weighted by Gasteiger charge is 2.40. The summed E-state index contributed by atoms with van der Waals surface area (Å²) in [6.45, 7) is 0.558. The predicted octanol–water partition coefficient (Wildman–Crippen LogP) is 2.01. The van der Waals surface area contributed by atoms with Crippen LogP contribution < -0.4 is 10.1 Å². The highest BCUT2D eigenvalue weighted by molar-refractivity contribution is 5.43. The maximum atomic E-state index is 10.8. The van der Waals surface area contributed by atoms with Crippen molar-refractivity contribution in [2.75, 3.05) is 7.11 Å². The minimum atomic E-state index is -0.385. The molecular formula is C14H18N2O4. The Balaban J connectivity index is 1.69. The van der Waals surface area contributed by atoms with E-state index in [1.54, 1.807) is 19.2 Å². The molecule has 0 radical (unpaired) electrons. The topological polar surface area (TPSA) is 73.6 Å². The van der Waals surface area contributed by atoms with Gasteiger partial charge in [-0.3, -0.25) is 10.1 Å². The first-order chi connectivity index (χ1) is 9.67. The minimum Gasteiger partial charge on any atom is -0.496 e. The monoisotopic (exact) mass is 278 g/mol. The molecule has 0 spiro atoms. The smallest absolute Gasteiger partial charge is 0.270 e. The van der Waals surface area contributed by atoms with Crippen LogP contribution >= 0.6 is 0 Å². The highest BCUT2D eigenvalue weighted by Crippen LogP contribution is 2.34. The Morgan fingerprint density at radius 2 is 2.35 bits per heavy atom. The van der Waals surface area contributed by atoms with E-state index in [0.29, 0.717) is 30.5 Å². The van der Waals surface area contributed by atoms with Gasteiger partial charge in [-0.2, -0.15) is 0 Å². The second kappa shape index (κ2) is 5.38. The lowest BCUT2D eigenvalue weighted by molar-refractivity contribution is -0.384. The Morgan fingerprint density at radius 1 is 1.50 bits per heavy atom. The fourth-order valence-electron chi connectivity index (χ4n) is 3.11. The number of hydrogen-bond acceptors (Lipinski definition) is 5. The molecule has 2 saturated heterocycles. The molecule has 2 bridgehead atoms. The van der Waals surface area contributed by atoms with Crippen molar-refractivity contribution in [3.8, 4) is 5.75 Å². The highest BCUT2D eigenvalue weighted by atomic mass is 16.6. The minimum absolute atomic E-state index is 0.0896. The number of fused-ring (bicyclic) bond motifs is 2. The molecule has 3 atom stereocenters. The molecule has 108 valence electrons. The number of benzene rings is 1. The van der Waals surface area contributed by atoms with Crippen LogP contribution in [0.2, 0.25) is 0 Å². The van der Waals surface area contributed by atoms with E-state index in [2.05, 4.69) is 5.32 Å². The summed E-state index contributed by atoms with van der Waals surface area (Å²) in [4.78, 5) is 10.5. The van der Waals surface area contributed by atoms with Gasteiger partial charge >= 0.3 is 0 Å². The quantitative estimate of drug-likeness (QED) is 0.659. The van der Waals surface area contributed by atoms with Crippen LogP contribution in [-0.4, -0.2) is 30.3 Å². The summed E-state index contributed by atoms with van der Waals surface area (Å²) in [5.74, 6) is 0.673. The average Bonchev–Trinajstić information content (AvgIpc) is 3.07. The Bertz CT molecular complexity index is 520. The van der Waals surface area contributed by atoms with Crippen LogP contribution in [-0.2, 0) is 11.3 Å². The van der Waals surface area contributed by atoms with E-state index in [1.807, 2.05) is 0 Å². The SMILES string of the molecule is COc1ccc([N+](=O)[O-])cc1CNC1CC2CCC1O2. The lowest BCUT2D eigenvalue weighted by atomic mass is 9.95. The van der Waals surface area contributed by atoms with Crippen molar-refractivity contribution in [2.24, 2.45) is 0 Å². The van der Waals surface area contributed by atoms with Gasteiger partial charge in [-0.05, 0) is 25.3 Å². The zero-order chi connectivity index (χ0) is 14.1. The third-order valence-electron chi connectivity index (χ3n) is 4.14. The molecule has 1 aromatic carbocycles. The van der Waals surface area contributed by atoms with Crippen LogP contribution in [0.5, 0.6) is 5.75 Å². The molecule has 6 nitrogen and oxygen atoms in total. The normalized spacial score (nSPS) is 27.8. The van der Waals surface area contributed by atoms with Gasteiger partial charge in [0.1, 0.15) is 5.75 Å². The van der Waals surface area contributed by atoms with Gasteiger partial charge in [0.25, 0.3) is 5.69 Å². The van der Waals surface area contributed by atoms with Crippen molar-refractivity contribution in [2.45, 2.75) is 44.1 Å². The third kappa shape index (κ3) is 2.48. The summed E-state index contributed by atoms with van der Waals surface area (Å²) in [6.07, 6.45) is 3.98. The molecule has 0 aliphatic carbocycles. The molecule has 2 aliphatic heterocycles. The summed E-state index contributed by atoms with van der Waals surface area (Å²) < 4.78 is 11.1. The van der Waals surface area contributed by atoms with Gasteiger partial charge in [-0.15, -0.1) is 0 Å². The van der Waals surface area contributed by atoms with E-state index in [0.717, 1.165) is 24.8 Å². The summed E-state index contributed by atoms with van der Waals surface area (Å²) in [7, 11) is 1.57. The van der Waals surface area contributed by atoms with Crippen LogP contribution in [0.25, 0.3) is 0 Å². The number of non-ortho nitro benzene ring substituents is 1. The van der Waals surface area contributed by atoms with E-state index in [4.69, 9.17) is 9.47 Å². The number of nitrogens with zero attached hydrogens (tertiary/aromatic N) is 1. The fraction of sp³-hybridized carbons (Fsp3) is 0.571. The molecule has 2 aliphatic rings. The van der Waals surface area contributed by atoms with Crippen molar-refractivity contribution in [1.29, 1.82) is 0 Å². The van der Waals surface area contributed by atoms with Gasteiger partial charge in [-0.1, -0.05) is 0 Å². The van der Waals surface area contributed by atoms with Crippen LogP contribution in [0.4, 0.5) is 5.69 Å². The molecule has 2 fully saturated rings. The molecule has 2 heterocycles. The van der Waals surface area contributed by atoms with Crippen LogP contribution in [0, 0.1) is 10.1 Å². The number of rotatable bonds is 5. The lowest BCUT2D eigenvalue weighted by Crippen LogP contribution is -2.37. The van der Waals surface area contributed by atoms with Gasteiger partial charge in [0.05, 0.1) is 24.2 Å². The van der Waals surface area contributed by atoms with Gasteiger partial charge < -0.3 is 14.8 Å². The largest absolute Gasteiger partial charge is 0.496 e. The van der Waals surface area contributed by atoms with Gasteiger partial charge in [0, 0.05) is 30.3 Å². The molecular weight excluding hydrogens is 260 g/mol. The molecule has 3 unspecified atom stereocenters. The van der Waals surface area contributed by atoms with Gasteiger partial charge in [0.15, 0.2) is 0 Å². The maximum absolute atomic E-state index is 10.8. The number of nitro benzene ring substituents is 1. The first kappa shape index (κ1) is 13.3. The van der Waals surface area contributed by atoms with Crippen molar-refractivity contribution in [1.82, 2.24) is 5.32 Å². The number of nitrogens with one attached hydrogen (secondary N) is 1. The average molecular weight is 278 g/mol. The van der Waals surface area contributed by atoms with E-state index < -0.39 is 0 Å². The van der Waals surface area contributed by atoms with Crippen LogP contribution in [0.15, 0.2) is 18.2 Å². The summed E-state index contributed by atoms with van der Waals surface area (Å²) >= 11 is 0. The predicted molar refractivity (Wildman–Crippen MR) is 72.8 cm³/mol. The third-order valence-corrected chi connectivity index (χ3v) is 4.14. The van der Waals surface area contributed by atoms with E-state index in [-0.39, 0.29) is 10.6 Å².